The van der Waals surface area contributed by atoms with E-state index in [1.54, 1.807) is 30.6 Å². The number of alkyl halides is 2. The first-order valence-electron chi connectivity index (χ1n) is 8.41. The van der Waals surface area contributed by atoms with E-state index in [4.69, 9.17) is 0 Å². The molecule has 3 rings (SSSR count). The van der Waals surface area contributed by atoms with Crippen molar-refractivity contribution in [3.05, 3.63) is 84.2 Å². The molecule has 0 bridgehead atoms. The van der Waals surface area contributed by atoms with E-state index >= 15 is 0 Å². The molecule has 0 spiro atoms. The molecule has 0 saturated carbocycles. The van der Waals surface area contributed by atoms with Crippen LogP contribution >= 0.6 is 11.8 Å². The van der Waals surface area contributed by atoms with E-state index in [2.05, 4.69) is 20.0 Å². The van der Waals surface area contributed by atoms with Gasteiger partial charge in [-0.05, 0) is 29.3 Å². The van der Waals surface area contributed by atoms with Crippen molar-refractivity contribution in [2.45, 2.75) is 17.8 Å². The summed E-state index contributed by atoms with van der Waals surface area (Å²) in [5.74, 6) is 0.0211. The van der Waals surface area contributed by atoms with Gasteiger partial charge in [0.15, 0.2) is 5.16 Å². The Morgan fingerprint density at radius 3 is 2.25 bits per heavy atom. The lowest BCUT2D eigenvalue weighted by Gasteiger charge is -2.20. The molecule has 1 heterocycles. The van der Waals surface area contributed by atoms with Crippen molar-refractivity contribution in [1.82, 2.24) is 15.3 Å². The predicted octanol–water partition coefficient (Wildman–Crippen LogP) is 4.08. The molecule has 0 saturated heterocycles. The second-order valence-corrected chi connectivity index (χ2v) is 6.62. The van der Waals surface area contributed by atoms with E-state index in [0.717, 1.165) is 11.1 Å². The molecule has 3 aromatic rings. The average Bonchev–Trinajstić information content (AvgIpc) is 2.72. The summed E-state index contributed by atoms with van der Waals surface area (Å²) in [5, 5.41) is 3.49. The van der Waals surface area contributed by atoms with Crippen molar-refractivity contribution in [3.63, 3.8) is 0 Å². The lowest BCUT2D eigenvalue weighted by atomic mass is 9.98. The molecule has 1 aromatic heterocycles. The summed E-state index contributed by atoms with van der Waals surface area (Å²) in [7, 11) is 0. The molecule has 0 unspecified atom stereocenters. The number of hydrogen-bond donors (Lipinski definition) is 1. The minimum Gasteiger partial charge on any atom is -0.435 e. The maximum absolute atomic E-state index is 12.5. The molecule has 1 atom stereocenters. The van der Waals surface area contributed by atoms with Crippen LogP contribution in [0.15, 0.2) is 78.2 Å². The van der Waals surface area contributed by atoms with Crippen LogP contribution in [0.3, 0.4) is 0 Å². The Kier molecular flexibility index (Phi) is 6.91. The van der Waals surface area contributed by atoms with Crippen LogP contribution in [-0.4, -0.2) is 28.2 Å². The zero-order valence-corrected chi connectivity index (χ0v) is 15.5. The molecule has 2 aromatic carbocycles. The van der Waals surface area contributed by atoms with Crippen LogP contribution in [0.5, 0.6) is 5.75 Å². The monoisotopic (exact) mass is 401 g/mol. The first-order valence-corrected chi connectivity index (χ1v) is 9.39. The van der Waals surface area contributed by atoms with Crippen LogP contribution in [0.2, 0.25) is 0 Å². The van der Waals surface area contributed by atoms with E-state index in [-0.39, 0.29) is 17.4 Å². The number of ether oxygens (including phenoxy) is 1. The van der Waals surface area contributed by atoms with Gasteiger partial charge in [0, 0.05) is 12.4 Å². The molecule has 8 heteroatoms. The Morgan fingerprint density at radius 1 is 0.964 bits per heavy atom. The van der Waals surface area contributed by atoms with Gasteiger partial charge in [-0.15, -0.1) is 0 Å². The third kappa shape index (κ3) is 5.75. The molecule has 0 fully saturated rings. The van der Waals surface area contributed by atoms with Gasteiger partial charge in [-0.2, -0.15) is 8.78 Å². The van der Waals surface area contributed by atoms with Gasteiger partial charge in [-0.25, -0.2) is 9.97 Å². The fourth-order valence-corrected chi connectivity index (χ4v) is 3.15. The Balaban J connectivity index is 1.73. The van der Waals surface area contributed by atoms with Gasteiger partial charge in [0.2, 0.25) is 5.91 Å². The topological polar surface area (TPSA) is 64.1 Å². The van der Waals surface area contributed by atoms with E-state index in [1.165, 1.54) is 23.9 Å². The number of carbonyl (C=O) groups excluding carboxylic acids is 1. The highest BCUT2D eigenvalue weighted by Crippen LogP contribution is 2.25. The smallest absolute Gasteiger partial charge is 0.387 e. The maximum atomic E-state index is 12.5. The predicted molar refractivity (Wildman–Crippen MR) is 102 cm³/mol. The van der Waals surface area contributed by atoms with E-state index in [1.807, 2.05) is 30.3 Å². The lowest BCUT2D eigenvalue weighted by Crippen LogP contribution is -2.30. The van der Waals surface area contributed by atoms with E-state index < -0.39 is 12.7 Å². The van der Waals surface area contributed by atoms with Gasteiger partial charge in [0.25, 0.3) is 0 Å². The van der Waals surface area contributed by atoms with Crippen LogP contribution in [-0.2, 0) is 4.79 Å². The summed E-state index contributed by atoms with van der Waals surface area (Å²) in [6, 6.07) is 16.9. The Bertz CT molecular complexity index is 881. The number of hydrogen-bond acceptors (Lipinski definition) is 5. The molecule has 1 amide bonds. The minimum atomic E-state index is -2.88. The van der Waals surface area contributed by atoms with Crippen LogP contribution in [0.1, 0.15) is 17.2 Å². The molecule has 0 aliphatic carbocycles. The quantitative estimate of drug-likeness (QED) is 0.455. The van der Waals surface area contributed by atoms with Crippen molar-refractivity contribution in [3.8, 4) is 5.75 Å². The van der Waals surface area contributed by atoms with E-state index in [0.29, 0.717) is 5.16 Å². The van der Waals surface area contributed by atoms with Crippen molar-refractivity contribution >= 4 is 17.7 Å². The molecule has 0 aliphatic heterocycles. The average molecular weight is 401 g/mol. The fraction of sp³-hybridized carbons (Fsp3) is 0.150. The molecule has 28 heavy (non-hydrogen) atoms. The van der Waals surface area contributed by atoms with Gasteiger partial charge in [-0.1, -0.05) is 54.2 Å². The molecule has 5 nitrogen and oxygen atoms in total. The highest BCUT2D eigenvalue weighted by molar-refractivity contribution is 7.99. The Hall–Kier alpha value is -3.00. The van der Waals surface area contributed by atoms with Crippen LogP contribution in [0.25, 0.3) is 0 Å². The molecule has 0 radical (unpaired) electrons. The Labute approximate surface area is 165 Å². The number of nitrogens with one attached hydrogen (secondary N) is 1. The Morgan fingerprint density at radius 2 is 1.61 bits per heavy atom. The number of thioether (sulfide) groups is 1. The van der Waals surface area contributed by atoms with Gasteiger partial charge in [0.1, 0.15) is 5.75 Å². The third-order valence-electron chi connectivity index (χ3n) is 3.75. The van der Waals surface area contributed by atoms with Gasteiger partial charge in [-0.3, -0.25) is 4.79 Å². The number of halogens is 2. The standard InChI is InChI=1S/C20H17F2N3O2S/c21-19(22)27-16-9-7-15(8-10-16)18(14-5-2-1-3-6-14)25-17(26)13-28-20-23-11-4-12-24-20/h1-12,18-19H,13H2,(H,25,26)/t18-/m0/s1. The fourth-order valence-electron chi connectivity index (χ4n) is 2.54. The highest BCUT2D eigenvalue weighted by atomic mass is 32.2. The van der Waals surface area contributed by atoms with Crippen LogP contribution in [0, 0.1) is 0 Å². The summed E-state index contributed by atoms with van der Waals surface area (Å²) in [6.45, 7) is -2.88. The third-order valence-corrected chi connectivity index (χ3v) is 4.63. The highest BCUT2D eigenvalue weighted by Gasteiger charge is 2.17. The second-order valence-electron chi connectivity index (χ2n) is 5.68. The summed E-state index contributed by atoms with van der Waals surface area (Å²) in [4.78, 5) is 20.6. The summed E-state index contributed by atoms with van der Waals surface area (Å²) < 4.78 is 29.1. The number of aromatic nitrogens is 2. The molecular formula is C20H17F2N3O2S. The summed E-state index contributed by atoms with van der Waals surface area (Å²) in [6.07, 6.45) is 3.23. The zero-order valence-electron chi connectivity index (χ0n) is 14.7. The van der Waals surface area contributed by atoms with E-state index in [9.17, 15) is 13.6 Å². The normalized spacial score (nSPS) is 11.8. The number of nitrogens with zero attached hydrogens (tertiary/aromatic N) is 2. The number of benzene rings is 2. The number of amides is 1. The minimum absolute atomic E-state index is 0.0636. The second kappa shape index (κ2) is 9.80. The first kappa shape index (κ1) is 19.8. The van der Waals surface area contributed by atoms with Gasteiger partial charge in [0.05, 0.1) is 11.8 Å². The largest absolute Gasteiger partial charge is 0.435 e. The zero-order chi connectivity index (χ0) is 19.8. The summed E-state index contributed by atoms with van der Waals surface area (Å²) in [5.41, 5.74) is 1.63. The van der Waals surface area contributed by atoms with Crippen molar-refractivity contribution in [2.75, 3.05) is 5.75 Å². The number of carbonyl (C=O) groups is 1. The van der Waals surface area contributed by atoms with Crippen molar-refractivity contribution in [1.29, 1.82) is 0 Å². The van der Waals surface area contributed by atoms with Crippen molar-refractivity contribution < 1.29 is 18.3 Å². The SMILES string of the molecule is O=C(CSc1ncccn1)N[C@@H](c1ccccc1)c1ccc(OC(F)F)cc1. The van der Waals surface area contributed by atoms with Gasteiger partial charge >= 0.3 is 6.61 Å². The first-order chi connectivity index (χ1) is 13.6. The van der Waals surface area contributed by atoms with Crippen molar-refractivity contribution in [2.24, 2.45) is 0 Å². The lowest BCUT2D eigenvalue weighted by molar-refractivity contribution is -0.119. The molecular weight excluding hydrogens is 384 g/mol. The number of rotatable bonds is 8. The maximum Gasteiger partial charge on any atom is 0.387 e. The molecule has 144 valence electrons. The van der Waals surface area contributed by atoms with Gasteiger partial charge < -0.3 is 10.1 Å². The molecule has 1 N–H and O–H groups in total. The summed E-state index contributed by atoms with van der Waals surface area (Å²) >= 11 is 1.23. The van der Waals surface area contributed by atoms with Crippen LogP contribution in [0.4, 0.5) is 8.78 Å². The molecule has 0 aliphatic rings. The van der Waals surface area contributed by atoms with Crippen LogP contribution < -0.4 is 10.1 Å².